The first-order chi connectivity index (χ1) is 13.2. The number of carbonyl (C=O) groups excluding carboxylic acids is 2. The summed E-state index contributed by atoms with van der Waals surface area (Å²) in [4.78, 5) is 26.8. The normalized spacial score (nSPS) is 18.5. The number of nitrogens with one attached hydrogen (secondary N) is 2. The molecule has 158 valence electrons. The van der Waals surface area contributed by atoms with Crippen LogP contribution in [0.2, 0.25) is 0 Å². The summed E-state index contributed by atoms with van der Waals surface area (Å²) in [6, 6.07) is 0.298. The van der Waals surface area contributed by atoms with Crippen LogP contribution in [-0.2, 0) is 11.3 Å². The monoisotopic (exact) mass is 411 g/mol. The highest BCUT2D eigenvalue weighted by Gasteiger charge is 2.24. The van der Waals surface area contributed by atoms with E-state index in [2.05, 4.69) is 22.7 Å². The first kappa shape index (κ1) is 22.7. The fourth-order valence-electron chi connectivity index (χ4n) is 4.10. The molecule has 0 unspecified atom stereocenters. The number of piperidine rings is 1. The molecule has 0 aromatic carbocycles. The zero-order chi connectivity index (χ0) is 19.1. The smallest absolute Gasteiger partial charge is 0.257 e. The lowest BCUT2D eigenvalue weighted by molar-refractivity contribution is -0.122. The minimum absolute atomic E-state index is 0. The molecule has 2 amide bonds. The molecule has 1 aliphatic carbocycles. The molecule has 2 aliphatic rings. The van der Waals surface area contributed by atoms with Crippen molar-refractivity contribution in [3.8, 4) is 0 Å². The second-order valence-electron chi connectivity index (χ2n) is 7.87. The van der Waals surface area contributed by atoms with Gasteiger partial charge in [0.05, 0.1) is 11.8 Å². The van der Waals surface area contributed by atoms with E-state index in [0.717, 1.165) is 51.9 Å². The fourth-order valence-corrected chi connectivity index (χ4v) is 4.10. The highest BCUT2D eigenvalue weighted by atomic mass is 35.5. The average Bonchev–Trinajstić information content (AvgIpc) is 3.15. The van der Waals surface area contributed by atoms with E-state index >= 15 is 0 Å². The summed E-state index contributed by atoms with van der Waals surface area (Å²) >= 11 is 0. The van der Waals surface area contributed by atoms with Gasteiger partial charge in [0.2, 0.25) is 5.91 Å². The molecule has 0 radical (unpaired) electrons. The summed E-state index contributed by atoms with van der Waals surface area (Å²) in [6.45, 7) is 5.91. The van der Waals surface area contributed by atoms with Crippen molar-refractivity contribution in [2.24, 2.45) is 5.92 Å². The van der Waals surface area contributed by atoms with Crippen molar-refractivity contribution in [1.82, 2.24) is 25.3 Å². The summed E-state index contributed by atoms with van der Waals surface area (Å²) in [5, 5.41) is 10.7. The maximum atomic E-state index is 12.7. The molecule has 2 N–H and O–H groups in total. The van der Waals surface area contributed by atoms with Gasteiger partial charge in [0.1, 0.15) is 6.54 Å². The van der Waals surface area contributed by atoms with Gasteiger partial charge in [-0.3, -0.25) is 14.3 Å². The lowest BCUT2D eigenvalue weighted by Crippen LogP contribution is -2.40. The van der Waals surface area contributed by atoms with Gasteiger partial charge in [-0.1, -0.05) is 26.2 Å². The SMILES string of the molecule is CCNCC1CCN(C(=O)c2cnn(CC(=O)NC3CCCCC3)c2)CC1.Cl. The molecule has 8 heteroatoms. The molecule has 1 aromatic rings. The Bertz CT molecular complexity index is 622. The predicted molar refractivity (Wildman–Crippen MR) is 112 cm³/mol. The van der Waals surface area contributed by atoms with E-state index in [9.17, 15) is 9.59 Å². The fraction of sp³-hybridized carbons (Fsp3) is 0.750. The van der Waals surface area contributed by atoms with Gasteiger partial charge in [-0.25, -0.2) is 0 Å². The average molecular weight is 412 g/mol. The Kier molecular flexibility index (Phi) is 9.25. The standard InChI is InChI=1S/C20H33N5O2.ClH/c1-2-21-12-16-8-10-24(11-9-16)20(27)17-13-22-25(14-17)15-19(26)23-18-6-4-3-5-7-18;/h13-14,16,18,21H,2-12,15H2,1H3,(H,23,26);1H. The Morgan fingerprint density at radius 1 is 1.14 bits per heavy atom. The Balaban J connectivity index is 0.00000280. The second kappa shape index (κ2) is 11.4. The molecule has 2 fully saturated rings. The largest absolute Gasteiger partial charge is 0.352 e. The van der Waals surface area contributed by atoms with Gasteiger partial charge in [-0.05, 0) is 44.7 Å². The zero-order valence-corrected chi connectivity index (χ0v) is 17.7. The van der Waals surface area contributed by atoms with Crippen LogP contribution in [0.25, 0.3) is 0 Å². The molecule has 3 rings (SSSR count). The topological polar surface area (TPSA) is 79.3 Å². The number of hydrogen-bond acceptors (Lipinski definition) is 4. The summed E-state index contributed by atoms with van der Waals surface area (Å²) in [5.74, 6) is 0.657. The van der Waals surface area contributed by atoms with Gasteiger partial charge in [-0.15, -0.1) is 12.4 Å². The number of nitrogens with zero attached hydrogens (tertiary/aromatic N) is 3. The number of halogens is 1. The lowest BCUT2D eigenvalue weighted by Gasteiger charge is -2.31. The minimum atomic E-state index is -0.0202. The van der Waals surface area contributed by atoms with Gasteiger partial charge in [0, 0.05) is 25.3 Å². The van der Waals surface area contributed by atoms with Crippen LogP contribution < -0.4 is 10.6 Å². The van der Waals surface area contributed by atoms with Crippen molar-refractivity contribution in [3.63, 3.8) is 0 Å². The van der Waals surface area contributed by atoms with Gasteiger partial charge >= 0.3 is 0 Å². The molecule has 1 saturated heterocycles. The van der Waals surface area contributed by atoms with Crippen molar-refractivity contribution in [1.29, 1.82) is 0 Å². The third-order valence-corrected chi connectivity index (χ3v) is 5.74. The Labute approximate surface area is 174 Å². The molecule has 2 heterocycles. The van der Waals surface area contributed by atoms with E-state index in [4.69, 9.17) is 0 Å². The van der Waals surface area contributed by atoms with Crippen molar-refractivity contribution in [2.75, 3.05) is 26.2 Å². The quantitative estimate of drug-likeness (QED) is 0.721. The number of rotatable bonds is 7. The highest BCUT2D eigenvalue weighted by molar-refractivity contribution is 5.93. The summed E-state index contributed by atoms with van der Waals surface area (Å²) in [7, 11) is 0. The molecule has 1 aromatic heterocycles. The van der Waals surface area contributed by atoms with E-state index in [1.165, 1.54) is 19.3 Å². The van der Waals surface area contributed by atoms with Crippen molar-refractivity contribution >= 4 is 24.2 Å². The molecule has 1 saturated carbocycles. The zero-order valence-electron chi connectivity index (χ0n) is 16.9. The number of carbonyl (C=O) groups is 2. The molecule has 0 atom stereocenters. The lowest BCUT2D eigenvalue weighted by atomic mass is 9.95. The summed E-state index contributed by atoms with van der Waals surface area (Å²) < 4.78 is 1.57. The third-order valence-electron chi connectivity index (χ3n) is 5.74. The Morgan fingerprint density at radius 3 is 2.54 bits per heavy atom. The highest BCUT2D eigenvalue weighted by Crippen LogP contribution is 2.19. The van der Waals surface area contributed by atoms with Crippen LogP contribution in [0.4, 0.5) is 0 Å². The van der Waals surface area contributed by atoms with Crippen molar-refractivity contribution < 1.29 is 9.59 Å². The van der Waals surface area contributed by atoms with Crippen molar-refractivity contribution in [2.45, 2.75) is 64.5 Å². The number of likely N-dealkylation sites (tertiary alicyclic amines) is 1. The second-order valence-corrected chi connectivity index (χ2v) is 7.87. The van der Waals surface area contributed by atoms with Crippen LogP contribution in [0.15, 0.2) is 12.4 Å². The van der Waals surface area contributed by atoms with Crippen LogP contribution in [0.1, 0.15) is 62.2 Å². The van der Waals surface area contributed by atoms with E-state index < -0.39 is 0 Å². The molecule has 1 aliphatic heterocycles. The molecule has 28 heavy (non-hydrogen) atoms. The first-order valence-electron chi connectivity index (χ1n) is 10.5. The molecular weight excluding hydrogens is 378 g/mol. The van der Waals surface area contributed by atoms with Gasteiger partial charge in [0.15, 0.2) is 0 Å². The van der Waals surface area contributed by atoms with Crippen LogP contribution in [-0.4, -0.2) is 58.7 Å². The van der Waals surface area contributed by atoms with E-state index in [-0.39, 0.29) is 30.8 Å². The first-order valence-corrected chi connectivity index (χ1v) is 10.5. The van der Waals surface area contributed by atoms with Crippen molar-refractivity contribution in [3.05, 3.63) is 18.0 Å². The molecule has 0 bridgehead atoms. The maximum absolute atomic E-state index is 12.7. The Hall–Kier alpha value is -1.60. The van der Waals surface area contributed by atoms with E-state index in [1.807, 2.05) is 4.90 Å². The van der Waals surface area contributed by atoms with E-state index in [1.54, 1.807) is 17.1 Å². The predicted octanol–water partition coefficient (Wildman–Crippen LogP) is 2.22. The van der Waals surface area contributed by atoms with Gasteiger partial charge in [0.25, 0.3) is 5.91 Å². The van der Waals surface area contributed by atoms with Crippen LogP contribution in [0.3, 0.4) is 0 Å². The Morgan fingerprint density at radius 2 is 1.86 bits per heavy atom. The van der Waals surface area contributed by atoms with Crippen LogP contribution in [0, 0.1) is 5.92 Å². The van der Waals surface area contributed by atoms with Crippen LogP contribution in [0.5, 0.6) is 0 Å². The van der Waals surface area contributed by atoms with Crippen LogP contribution >= 0.6 is 12.4 Å². The molecule has 7 nitrogen and oxygen atoms in total. The van der Waals surface area contributed by atoms with E-state index in [0.29, 0.717) is 17.5 Å². The number of aromatic nitrogens is 2. The number of amides is 2. The minimum Gasteiger partial charge on any atom is -0.352 e. The molecular formula is C20H34ClN5O2. The number of hydrogen-bond donors (Lipinski definition) is 2. The molecule has 0 spiro atoms. The van der Waals surface area contributed by atoms with Gasteiger partial charge in [-0.2, -0.15) is 5.10 Å². The third kappa shape index (κ3) is 6.48. The summed E-state index contributed by atoms with van der Waals surface area (Å²) in [5.41, 5.74) is 0.575. The summed E-state index contributed by atoms with van der Waals surface area (Å²) in [6.07, 6.45) is 11.1. The maximum Gasteiger partial charge on any atom is 0.257 e. The van der Waals surface area contributed by atoms with Gasteiger partial charge < -0.3 is 15.5 Å².